The Morgan fingerprint density at radius 3 is 2.46 bits per heavy atom. The lowest BCUT2D eigenvalue weighted by Gasteiger charge is -2.35. The molecule has 2 aromatic rings. The first-order chi connectivity index (χ1) is 13.7. The molecule has 0 saturated carbocycles. The maximum atomic E-state index is 12.9. The van der Waals surface area contributed by atoms with E-state index in [-0.39, 0.29) is 17.7 Å². The largest absolute Gasteiger partial charge is 0.507 e. The number of aromatic hydroxyl groups is 1. The molecule has 1 aliphatic heterocycles. The van der Waals surface area contributed by atoms with Crippen LogP contribution in [-0.2, 0) is 17.6 Å². The number of aryl methyl sites for hydroxylation is 2. The summed E-state index contributed by atoms with van der Waals surface area (Å²) in [6, 6.07) is 14.0. The first kappa shape index (κ1) is 19.0. The number of phenols is 1. The van der Waals surface area contributed by atoms with Crippen molar-refractivity contribution in [2.24, 2.45) is 0 Å². The van der Waals surface area contributed by atoms with Crippen molar-refractivity contribution >= 4 is 5.91 Å². The van der Waals surface area contributed by atoms with Gasteiger partial charge in [-0.15, -0.1) is 0 Å². The molecule has 0 aromatic heterocycles. The second-order valence-corrected chi connectivity index (χ2v) is 7.63. The Kier molecular flexibility index (Phi) is 5.93. The quantitative estimate of drug-likeness (QED) is 0.837. The van der Waals surface area contributed by atoms with Gasteiger partial charge in [-0.3, -0.25) is 9.69 Å². The third kappa shape index (κ3) is 4.21. The minimum atomic E-state index is -0.208. The van der Waals surface area contributed by atoms with Gasteiger partial charge < -0.3 is 15.2 Å². The van der Waals surface area contributed by atoms with E-state index in [2.05, 4.69) is 22.3 Å². The van der Waals surface area contributed by atoms with Gasteiger partial charge in [0.05, 0.1) is 24.8 Å². The van der Waals surface area contributed by atoms with Crippen molar-refractivity contribution in [1.29, 1.82) is 0 Å². The smallest absolute Gasteiger partial charge is 0.255 e. The second-order valence-electron chi connectivity index (χ2n) is 7.63. The monoisotopic (exact) mass is 380 g/mol. The number of nitrogens with one attached hydrogen (secondary N) is 1. The van der Waals surface area contributed by atoms with Crippen LogP contribution in [0.25, 0.3) is 0 Å². The number of benzene rings is 2. The van der Waals surface area contributed by atoms with Crippen molar-refractivity contribution in [2.75, 3.05) is 32.8 Å². The van der Waals surface area contributed by atoms with Gasteiger partial charge in [-0.2, -0.15) is 0 Å². The summed E-state index contributed by atoms with van der Waals surface area (Å²) >= 11 is 0. The topological polar surface area (TPSA) is 61.8 Å². The molecule has 1 aliphatic carbocycles. The van der Waals surface area contributed by atoms with Crippen LogP contribution in [0.1, 0.15) is 45.9 Å². The average molecular weight is 380 g/mol. The van der Waals surface area contributed by atoms with Crippen molar-refractivity contribution in [3.8, 4) is 5.75 Å². The maximum Gasteiger partial charge on any atom is 0.255 e. The van der Waals surface area contributed by atoms with Crippen molar-refractivity contribution in [3.63, 3.8) is 0 Å². The number of hydrogen-bond acceptors (Lipinski definition) is 4. The van der Waals surface area contributed by atoms with E-state index in [0.29, 0.717) is 25.3 Å². The number of ether oxygens (including phenoxy) is 1. The SMILES string of the molecule is O=C(NCC(c1ccccc1)N1CCOCC1)c1cc2c(cc1O)CCCC2. The fraction of sp³-hybridized carbons (Fsp3) is 0.435. The van der Waals surface area contributed by atoms with E-state index in [1.807, 2.05) is 24.3 Å². The Labute approximate surface area is 166 Å². The summed E-state index contributed by atoms with van der Waals surface area (Å²) in [4.78, 5) is 15.2. The number of nitrogens with zero attached hydrogens (tertiary/aromatic N) is 1. The van der Waals surface area contributed by atoms with Gasteiger partial charge in [0.25, 0.3) is 5.91 Å². The molecule has 1 unspecified atom stereocenters. The molecule has 0 spiro atoms. The van der Waals surface area contributed by atoms with Gasteiger partial charge in [-0.1, -0.05) is 30.3 Å². The summed E-state index contributed by atoms with van der Waals surface area (Å²) in [6.07, 6.45) is 4.26. The van der Waals surface area contributed by atoms with Crippen LogP contribution in [-0.4, -0.2) is 48.8 Å². The first-order valence-corrected chi connectivity index (χ1v) is 10.2. The van der Waals surface area contributed by atoms with Gasteiger partial charge in [0.2, 0.25) is 0 Å². The highest BCUT2D eigenvalue weighted by Crippen LogP contribution is 2.29. The zero-order valence-electron chi connectivity index (χ0n) is 16.2. The molecule has 5 heteroatoms. The number of morpholine rings is 1. The summed E-state index contributed by atoms with van der Waals surface area (Å²) in [6.45, 7) is 3.62. The van der Waals surface area contributed by atoms with Crippen molar-refractivity contribution < 1.29 is 14.6 Å². The number of phenolic OH excluding ortho intramolecular Hbond substituents is 1. The fourth-order valence-corrected chi connectivity index (χ4v) is 4.26. The van der Waals surface area contributed by atoms with E-state index in [1.165, 1.54) is 16.7 Å². The highest BCUT2D eigenvalue weighted by molar-refractivity contribution is 5.97. The van der Waals surface area contributed by atoms with Crippen LogP contribution in [0, 0.1) is 0 Å². The molecule has 148 valence electrons. The third-order valence-corrected chi connectivity index (χ3v) is 5.83. The Morgan fingerprint density at radius 1 is 1.07 bits per heavy atom. The third-order valence-electron chi connectivity index (χ3n) is 5.83. The van der Waals surface area contributed by atoms with E-state index >= 15 is 0 Å². The molecule has 5 nitrogen and oxygen atoms in total. The van der Waals surface area contributed by atoms with Crippen LogP contribution in [0.4, 0.5) is 0 Å². The summed E-state index contributed by atoms with van der Waals surface area (Å²) in [5.41, 5.74) is 3.94. The number of rotatable bonds is 5. The van der Waals surface area contributed by atoms with E-state index in [1.54, 1.807) is 6.07 Å². The Morgan fingerprint density at radius 2 is 1.75 bits per heavy atom. The van der Waals surface area contributed by atoms with Gasteiger partial charge >= 0.3 is 0 Å². The Balaban J connectivity index is 1.50. The molecule has 4 rings (SSSR count). The molecule has 28 heavy (non-hydrogen) atoms. The Bertz CT molecular complexity index is 816. The molecule has 1 amide bonds. The van der Waals surface area contributed by atoms with Gasteiger partial charge in [0.15, 0.2) is 0 Å². The normalized spacial score (nSPS) is 18.3. The first-order valence-electron chi connectivity index (χ1n) is 10.2. The van der Waals surface area contributed by atoms with E-state index in [9.17, 15) is 9.90 Å². The molecule has 2 N–H and O–H groups in total. The summed E-state index contributed by atoms with van der Waals surface area (Å²) in [5, 5.41) is 13.4. The molecule has 0 radical (unpaired) electrons. The predicted octanol–water partition coefficient (Wildman–Crippen LogP) is 3.07. The summed E-state index contributed by atoms with van der Waals surface area (Å²) in [7, 11) is 0. The van der Waals surface area contributed by atoms with Gasteiger partial charge in [0, 0.05) is 19.6 Å². The number of carbonyl (C=O) groups excluding carboxylic acids is 1. The van der Waals surface area contributed by atoms with Crippen molar-refractivity contribution in [2.45, 2.75) is 31.7 Å². The minimum Gasteiger partial charge on any atom is -0.507 e. The zero-order chi connectivity index (χ0) is 19.3. The summed E-state index contributed by atoms with van der Waals surface area (Å²) in [5.74, 6) is -0.124. The summed E-state index contributed by atoms with van der Waals surface area (Å²) < 4.78 is 5.49. The van der Waals surface area contributed by atoms with E-state index < -0.39 is 0 Å². The molecule has 1 fully saturated rings. The van der Waals surface area contributed by atoms with Gasteiger partial charge in [-0.05, 0) is 54.5 Å². The standard InChI is InChI=1S/C23H28N2O3/c26-22-15-19-9-5-4-8-18(19)14-20(22)23(27)24-16-21(17-6-2-1-3-7-17)25-10-12-28-13-11-25/h1-3,6-7,14-15,21,26H,4-5,8-13,16H2,(H,24,27). The lowest BCUT2D eigenvalue weighted by molar-refractivity contribution is 0.0162. The van der Waals surface area contributed by atoms with Gasteiger partial charge in [-0.25, -0.2) is 0 Å². The van der Waals surface area contributed by atoms with Crippen LogP contribution in [0.5, 0.6) is 5.75 Å². The number of hydrogen-bond donors (Lipinski definition) is 2. The maximum absolute atomic E-state index is 12.9. The van der Waals surface area contributed by atoms with Crippen LogP contribution in [0.2, 0.25) is 0 Å². The predicted molar refractivity (Wildman–Crippen MR) is 109 cm³/mol. The molecule has 1 atom stereocenters. The number of carbonyl (C=O) groups is 1. The highest BCUT2D eigenvalue weighted by atomic mass is 16.5. The lowest BCUT2D eigenvalue weighted by Crippen LogP contribution is -2.43. The molecule has 2 aromatic carbocycles. The van der Waals surface area contributed by atoms with Crippen molar-refractivity contribution in [3.05, 3.63) is 64.7 Å². The Hall–Kier alpha value is -2.37. The molecule has 2 aliphatic rings. The van der Waals surface area contributed by atoms with Crippen molar-refractivity contribution in [1.82, 2.24) is 10.2 Å². The van der Waals surface area contributed by atoms with Crippen LogP contribution >= 0.6 is 0 Å². The lowest BCUT2D eigenvalue weighted by atomic mass is 9.90. The number of amides is 1. The fourth-order valence-electron chi connectivity index (χ4n) is 4.26. The van der Waals surface area contributed by atoms with E-state index in [4.69, 9.17) is 4.74 Å². The molecule has 1 saturated heterocycles. The molecule has 0 bridgehead atoms. The molecule has 1 heterocycles. The molecular formula is C23H28N2O3. The zero-order valence-corrected chi connectivity index (χ0v) is 16.2. The molecular weight excluding hydrogens is 352 g/mol. The number of fused-ring (bicyclic) bond motifs is 1. The highest BCUT2D eigenvalue weighted by Gasteiger charge is 2.24. The van der Waals surface area contributed by atoms with Crippen LogP contribution in [0.3, 0.4) is 0 Å². The van der Waals surface area contributed by atoms with Crippen LogP contribution < -0.4 is 5.32 Å². The average Bonchev–Trinajstić information content (AvgIpc) is 2.75. The van der Waals surface area contributed by atoms with Crippen LogP contribution in [0.15, 0.2) is 42.5 Å². The van der Waals surface area contributed by atoms with E-state index in [0.717, 1.165) is 38.8 Å². The second kappa shape index (κ2) is 8.76. The van der Waals surface area contributed by atoms with Gasteiger partial charge in [0.1, 0.15) is 5.75 Å². The minimum absolute atomic E-state index is 0.0841.